The molecule has 18 heavy (non-hydrogen) atoms. The third-order valence-corrected chi connectivity index (χ3v) is 2.50. The normalized spacial score (nSPS) is 9.89. The molecule has 100 valence electrons. The van der Waals surface area contributed by atoms with Crippen LogP contribution in [-0.2, 0) is 0 Å². The molecule has 1 rings (SSSR count). The number of amides is 2. The van der Waals surface area contributed by atoms with Gasteiger partial charge in [0, 0.05) is 18.0 Å². The van der Waals surface area contributed by atoms with Gasteiger partial charge in [-0.05, 0) is 30.7 Å². The number of ether oxygens (including phenoxy) is 1. The lowest BCUT2D eigenvalue weighted by molar-refractivity contribution is 0.252. The van der Waals surface area contributed by atoms with Crippen molar-refractivity contribution >= 4 is 24.3 Å². The molecule has 1 aromatic carbocycles. The second-order valence-electron chi connectivity index (χ2n) is 3.83. The van der Waals surface area contributed by atoms with Gasteiger partial charge in [-0.2, -0.15) is 12.6 Å². The molecule has 0 aliphatic carbocycles. The number of nitrogens with one attached hydrogen (secondary N) is 2. The Hall–Kier alpha value is -1.36. The van der Waals surface area contributed by atoms with Gasteiger partial charge in [-0.15, -0.1) is 0 Å². The molecule has 0 unspecified atom stereocenters. The van der Waals surface area contributed by atoms with E-state index < -0.39 is 0 Å². The Morgan fingerprint density at radius 3 is 2.67 bits per heavy atom. The highest BCUT2D eigenvalue weighted by atomic mass is 32.1. The summed E-state index contributed by atoms with van der Waals surface area (Å²) in [5.74, 6) is 1.45. The van der Waals surface area contributed by atoms with Crippen molar-refractivity contribution in [3.8, 4) is 5.75 Å². The molecular formula is C13H20N2O2S. The van der Waals surface area contributed by atoms with Crippen LogP contribution in [0.2, 0.25) is 0 Å². The van der Waals surface area contributed by atoms with Crippen LogP contribution in [0, 0.1) is 0 Å². The minimum Gasteiger partial charge on any atom is -0.494 e. The smallest absolute Gasteiger partial charge is 0.319 e. The first kappa shape index (κ1) is 14.7. The maximum Gasteiger partial charge on any atom is 0.319 e. The van der Waals surface area contributed by atoms with Crippen LogP contribution in [0.1, 0.15) is 19.8 Å². The molecule has 0 spiro atoms. The lowest BCUT2D eigenvalue weighted by Gasteiger charge is -2.08. The van der Waals surface area contributed by atoms with Crippen molar-refractivity contribution in [2.45, 2.75) is 19.8 Å². The van der Waals surface area contributed by atoms with Crippen LogP contribution in [0.15, 0.2) is 24.3 Å². The summed E-state index contributed by atoms with van der Waals surface area (Å²) in [6, 6.07) is 7.13. The van der Waals surface area contributed by atoms with Gasteiger partial charge >= 0.3 is 6.03 Å². The number of hydrogen-bond donors (Lipinski definition) is 3. The number of anilines is 1. The van der Waals surface area contributed by atoms with Crippen LogP contribution in [0.3, 0.4) is 0 Å². The van der Waals surface area contributed by atoms with Gasteiger partial charge in [0.2, 0.25) is 0 Å². The maximum absolute atomic E-state index is 11.4. The Morgan fingerprint density at radius 1 is 1.33 bits per heavy atom. The zero-order chi connectivity index (χ0) is 13.2. The second-order valence-corrected chi connectivity index (χ2v) is 4.28. The summed E-state index contributed by atoms with van der Waals surface area (Å²) in [5.41, 5.74) is 0.745. The fraction of sp³-hybridized carbons (Fsp3) is 0.462. The van der Waals surface area contributed by atoms with Crippen LogP contribution in [-0.4, -0.2) is 24.9 Å². The average molecular weight is 268 g/mol. The number of hydrogen-bond acceptors (Lipinski definition) is 3. The average Bonchev–Trinajstić information content (AvgIpc) is 2.39. The van der Waals surface area contributed by atoms with Crippen LogP contribution in [0.25, 0.3) is 0 Å². The molecule has 0 radical (unpaired) electrons. The molecule has 0 saturated heterocycles. The van der Waals surface area contributed by atoms with E-state index >= 15 is 0 Å². The van der Waals surface area contributed by atoms with Gasteiger partial charge in [-0.1, -0.05) is 13.3 Å². The molecule has 0 saturated carbocycles. The quantitative estimate of drug-likeness (QED) is 0.526. The summed E-state index contributed by atoms with van der Waals surface area (Å²) >= 11 is 4.02. The van der Waals surface area contributed by atoms with Gasteiger partial charge in [0.05, 0.1) is 6.61 Å². The minimum absolute atomic E-state index is 0.219. The number of carbonyl (C=O) groups excluding carboxylic acids is 1. The topological polar surface area (TPSA) is 50.4 Å². The predicted octanol–water partition coefficient (Wildman–Crippen LogP) is 2.92. The van der Waals surface area contributed by atoms with Crippen molar-refractivity contribution < 1.29 is 9.53 Å². The molecule has 0 aliphatic rings. The Bertz CT molecular complexity index is 355. The monoisotopic (exact) mass is 268 g/mol. The van der Waals surface area contributed by atoms with Crippen molar-refractivity contribution in [1.82, 2.24) is 5.32 Å². The molecular weight excluding hydrogens is 248 g/mol. The SMILES string of the molecule is CCCCOc1ccc(NC(=O)NCCS)cc1. The zero-order valence-corrected chi connectivity index (χ0v) is 11.5. The van der Waals surface area contributed by atoms with Crippen LogP contribution < -0.4 is 15.4 Å². The summed E-state index contributed by atoms with van der Waals surface area (Å²) in [5, 5.41) is 5.41. The van der Waals surface area contributed by atoms with Crippen molar-refractivity contribution in [3.63, 3.8) is 0 Å². The van der Waals surface area contributed by atoms with Crippen molar-refractivity contribution in [2.24, 2.45) is 0 Å². The molecule has 0 atom stereocenters. The van der Waals surface area contributed by atoms with E-state index in [-0.39, 0.29) is 6.03 Å². The Labute approximate surface area is 114 Å². The Balaban J connectivity index is 2.37. The summed E-state index contributed by atoms with van der Waals surface area (Å²) in [4.78, 5) is 11.4. The molecule has 4 nitrogen and oxygen atoms in total. The molecule has 0 bridgehead atoms. The lowest BCUT2D eigenvalue weighted by Crippen LogP contribution is -2.30. The minimum atomic E-state index is -0.219. The second kappa shape index (κ2) is 8.69. The summed E-state index contributed by atoms with van der Waals surface area (Å²) < 4.78 is 5.53. The molecule has 0 heterocycles. The van der Waals surface area contributed by atoms with E-state index in [4.69, 9.17) is 4.74 Å². The van der Waals surface area contributed by atoms with E-state index in [2.05, 4.69) is 30.2 Å². The summed E-state index contributed by atoms with van der Waals surface area (Å²) in [7, 11) is 0. The third kappa shape index (κ3) is 5.82. The van der Waals surface area contributed by atoms with E-state index in [0.29, 0.717) is 12.3 Å². The van der Waals surface area contributed by atoms with Crippen molar-refractivity contribution in [3.05, 3.63) is 24.3 Å². The van der Waals surface area contributed by atoms with Crippen molar-refractivity contribution in [2.75, 3.05) is 24.2 Å². The van der Waals surface area contributed by atoms with Crippen molar-refractivity contribution in [1.29, 1.82) is 0 Å². The Kier molecular flexibility index (Phi) is 7.10. The molecule has 0 fully saturated rings. The van der Waals surface area contributed by atoms with Gasteiger partial charge in [-0.3, -0.25) is 0 Å². The number of unbranched alkanes of at least 4 members (excludes halogenated alkanes) is 1. The van der Waals surface area contributed by atoms with Gasteiger partial charge < -0.3 is 15.4 Å². The van der Waals surface area contributed by atoms with Crippen LogP contribution >= 0.6 is 12.6 Å². The highest BCUT2D eigenvalue weighted by molar-refractivity contribution is 7.80. The van der Waals surface area contributed by atoms with Crippen LogP contribution in [0.4, 0.5) is 10.5 Å². The Morgan fingerprint density at radius 2 is 2.06 bits per heavy atom. The standard InChI is InChI=1S/C13H20N2O2S/c1-2-3-9-17-12-6-4-11(5-7-12)15-13(16)14-8-10-18/h4-7,18H,2-3,8-10H2,1H3,(H2,14,15,16). The number of rotatable bonds is 7. The fourth-order valence-corrected chi connectivity index (χ4v) is 1.43. The van der Waals surface area contributed by atoms with E-state index in [1.54, 1.807) is 0 Å². The number of carbonyl (C=O) groups is 1. The molecule has 2 N–H and O–H groups in total. The maximum atomic E-state index is 11.4. The molecule has 2 amide bonds. The zero-order valence-electron chi connectivity index (χ0n) is 10.6. The fourth-order valence-electron chi connectivity index (χ4n) is 1.31. The first-order valence-corrected chi connectivity index (χ1v) is 6.78. The highest BCUT2D eigenvalue weighted by Crippen LogP contribution is 2.15. The first-order chi connectivity index (χ1) is 8.76. The molecule has 1 aromatic rings. The number of benzene rings is 1. The number of urea groups is 1. The van der Waals surface area contributed by atoms with Gasteiger partial charge in [-0.25, -0.2) is 4.79 Å². The van der Waals surface area contributed by atoms with Gasteiger partial charge in [0.15, 0.2) is 0 Å². The molecule has 5 heteroatoms. The van der Waals surface area contributed by atoms with Gasteiger partial charge in [0.1, 0.15) is 5.75 Å². The third-order valence-electron chi connectivity index (χ3n) is 2.28. The first-order valence-electron chi connectivity index (χ1n) is 6.15. The number of thiol groups is 1. The lowest BCUT2D eigenvalue weighted by atomic mass is 10.3. The largest absolute Gasteiger partial charge is 0.494 e. The van der Waals surface area contributed by atoms with E-state index in [0.717, 1.165) is 30.9 Å². The van der Waals surface area contributed by atoms with E-state index in [1.165, 1.54) is 0 Å². The highest BCUT2D eigenvalue weighted by Gasteiger charge is 2.00. The van der Waals surface area contributed by atoms with E-state index in [9.17, 15) is 4.79 Å². The summed E-state index contributed by atoms with van der Waals surface area (Å²) in [6.07, 6.45) is 2.16. The van der Waals surface area contributed by atoms with E-state index in [1.807, 2.05) is 24.3 Å². The molecule has 0 aliphatic heterocycles. The van der Waals surface area contributed by atoms with Crippen LogP contribution in [0.5, 0.6) is 5.75 Å². The molecule has 0 aromatic heterocycles. The predicted molar refractivity (Wildman–Crippen MR) is 77.7 cm³/mol. The summed E-state index contributed by atoms with van der Waals surface area (Å²) in [6.45, 7) is 3.40. The van der Waals surface area contributed by atoms with Gasteiger partial charge in [0.25, 0.3) is 0 Å².